The van der Waals surface area contributed by atoms with Crippen molar-refractivity contribution < 1.29 is 4.39 Å². The third kappa shape index (κ3) is 3.59. The number of hydrogen-bond donors (Lipinski definition) is 1. The predicted octanol–water partition coefficient (Wildman–Crippen LogP) is 4.18. The molecule has 2 rings (SSSR count). The van der Waals surface area contributed by atoms with Crippen molar-refractivity contribution in [1.29, 1.82) is 0 Å². The Labute approximate surface area is 108 Å². The molecule has 2 aromatic carbocycles. The summed E-state index contributed by atoms with van der Waals surface area (Å²) in [6, 6.07) is 15.6. The molecule has 0 radical (unpaired) electrons. The molecule has 0 aromatic heterocycles. The first-order chi connectivity index (χ1) is 8.75. The van der Waals surface area contributed by atoms with Crippen LogP contribution in [0, 0.1) is 12.7 Å². The van der Waals surface area contributed by atoms with Gasteiger partial charge in [0, 0.05) is 6.54 Å². The van der Waals surface area contributed by atoms with Crippen LogP contribution in [0.4, 0.5) is 10.1 Å². The van der Waals surface area contributed by atoms with Gasteiger partial charge in [0.15, 0.2) is 0 Å². The minimum Gasteiger partial charge on any atom is -0.383 e. The lowest BCUT2D eigenvalue weighted by molar-refractivity contribution is 0.628. The third-order valence-electron chi connectivity index (χ3n) is 2.93. The van der Waals surface area contributed by atoms with E-state index in [0.717, 1.165) is 24.9 Å². The molecule has 1 N–H and O–H groups in total. The maximum Gasteiger partial charge on any atom is 0.146 e. The molecule has 1 nitrogen and oxygen atoms in total. The minimum absolute atomic E-state index is 0.172. The van der Waals surface area contributed by atoms with E-state index in [9.17, 15) is 4.39 Å². The first-order valence-corrected chi connectivity index (χ1v) is 6.29. The van der Waals surface area contributed by atoms with Crippen LogP contribution < -0.4 is 5.32 Å². The van der Waals surface area contributed by atoms with Gasteiger partial charge in [-0.15, -0.1) is 0 Å². The van der Waals surface area contributed by atoms with E-state index in [2.05, 4.69) is 17.4 Å². The lowest BCUT2D eigenvalue weighted by Gasteiger charge is -2.08. The maximum atomic E-state index is 13.5. The van der Waals surface area contributed by atoms with Crippen LogP contribution in [0.2, 0.25) is 0 Å². The van der Waals surface area contributed by atoms with Crippen molar-refractivity contribution in [3.8, 4) is 0 Å². The van der Waals surface area contributed by atoms with Crippen molar-refractivity contribution in [3.05, 3.63) is 65.5 Å². The summed E-state index contributed by atoms with van der Waals surface area (Å²) >= 11 is 0. The molecule has 0 aliphatic rings. The Balaban J connectivity index is 1.79. The van der Waals surface area contributed by atoms with Gasteiger partial charge in [0.1, 0.15) is 5.82 Å². The van der Waals surface area contributed by atoms with E-state index in [0.29, 0.717) is 5.69 Å². The van der Waals surface area contributed by atoms with Gasteiger partial charge in [-0.1, -0.05) is 36.4 Å². The van der Waals surface area contributed by atoms with Gasteiger partial charge in [-0.25, -0.2) is 4.39 Å². The molecule has 0 spiro atoms. The summed E-state index contributed by atoms with van der Waals surface area (Å²) in [7, 11) is 0. The third-order valence-corrected chi connectivity index (χ3v) is 2.93. The number of anilines is 1. The van der Waals surface area contributed by atoms with Gasteiger partial charge in [-0.05, 0) is 43.0 Å². The highest BCUT2D eigenvalue weighted by Gasteiger charge is 2.00. The van der Waals surface area contributed by atoms with Gasteiger partial charge in [0.25, 0.3) is 0 Å². The fourth-order valence-corrected chi connectivity index (χ4v) is 1.92. The lowest BCUT2D eigenvalue weighted by Crippen LogP contribution is -2.04. The fraction of sp³-hybridized carbons (Fsp3) is 0.250. The number of rotatable bonds is 5. The first-order valence-electron chi connectivity index (χ1n) is 6.29. The molecule has 0 saturated carbocycles. The number of benzene rings is 2. The number of aryl methyl sites for hydroxylation is 2. The SMILES string of the molecule is Cc1ccc(NCCCc2ccccc2)c(F)c1. The van der Waals surface area contributed by atoms with Crippen molar-refractivity contribution in [1.82, 2.24) is 0 Å². The summed E-state index contributed by atoms with van der Waals surface area (Å²) in [5, 5.41) is 3.14. The Kier molecular flexibility index (Phi) is 4.35. The summed E-state index contributed by atoms with van der Waals surface area (Å²) in [5.41, 5.74) is 2.86. The molecule has 2 heteroatoms. The van der Waals surface area contributed by atoms with Gasteiger partial charge in [-0.3, -0.25) is 0 Å². The molecule has 0 aliphatic carbocycles. The van der Waals surface area contributed by atoms with E-state index in [-0.39, 0.29) is 5.82 Å². The summed E-state index contributed by atoms with van der Waals surface area (Å²) in [5.74, 6) is -0.172. The fourth-order valence-electron chi connectivity index (χ4n) is 1.92. The minimum atomic E-state index is -0.172. The first kappa shape index (κ1) is 12.6. The quantitative estimate of drug-likeness (QED) is 0.777. The Hall–Kier alpha value is -1.83. The second kappa shape index (κ2) is 6.20. The van der Waals surface area contributed by atoms with Crippen LogP contribution in [0.5, 0.6) is 0 Å². The molecular formula is C16H18FN. The molecule has 0 saturated heterocycles. The van der Waals surface area contributed by atoms with Crippen LogP contribution >= 0.6 is 0 Å². The van der Waals surface area contributed by atoms with Crippen molar-refractivity contribution in [2.45, 2.75) is 19.8 Å². The van der Waals surface area contributed by atoms with E-state index in [4.69, 9.17) is 0 Å². The van der Waals surface area contributed by atoms with Crippen molar-refractivity contribution in [3.63, 3.8) is 0 Å². The van der Waals surface area contributed by atoms with Crippen LogP contribution in [-0.2, 0) is 6.42 Å². The van der Waals surface area contributed by atoms with Crippen LogP contribution in [0.25, 0.3) is 0 Å². The average molecular weight is 243 g/mol. The molecule has 0 aliphatic heterocycles. The van der Waals surface area contributed by atoms with Gasteiger partial charge in [-0.2, -0.15) is 0 Å². The molecule has 0 unspecified atom stereocenters. The van der Waals surface area contributed by atoms with Crippen LogP contribution in [0.1, 0.15) is 17.5 Å². The monoisotopic (exact) mass is 243 g/mol. The van der Waals surface area contributed by atoms with Crippen LogP contribution in [0.15, 0.2) is 48.5 Å². The zero-order chi connectivity index (χ0) is 12.8. The van der Waals surface area contributed by atoms with Gasteiger partial charge in [0.05, 0.1) is 5.69 Å². The highest BCUT2D eigenvalue weighted by Crippen LogP contribution is 2.15. The predicted molar refractivity (Wildman–Crippen MR) is 74.4 cm³/mol. The Morgan fingerprint density at radius 2 is 1.83 bits per heavy atom. The largest absolute Gasteiger partial charge is 0.383 e. The summed E-state index contributed by atoms with van der Waals surface area (Å²) in [4.78, 5) is 0. The molecule has 0 amide bonds. The molecule has 0 fully saturated rings. The van der Waals surface area contributed by atoms with E-state index < -0.39 is 0 Å². The topological polar surface area (TPSA) is 12.0 Å². The highest BCUT2D eigenvalue weighted by atomic mass is 19.1. The standard InChI is InChI=1S/C16H18FN/c1-13-9-10-16(15(17)12-13)18-11-5-8-14-6-3-2-4-7-14/h2-4,6-7,9-10,12,18H,5,8,11H2,1H3. The lowest BCUT2D eigenvalue weighted by atomic mass is 10.1. The maximum absolute atomic E-state index is 13.5. The van der Waals surface area contributed by atoms with E-state index >= 15 is 0 Å². The summed E-state index contributed by atoms with van der Waals surface area (Å²) in [6.07, 6.45) is 2.01. The number of nitrogens with one attached hydrogen (secondary N) is 1. The highest BCUT2D eigenvalue weighted by molar-refractivity contribution is 5.46. The number of hydrogen-bond acceptors (Lipinski definition) is 1. The molecule has 0 bridgehead atoms. The van der Waals surface area contributed by atoms with E-state index in [1.54, 1.807) is 12.1 Å². The van der Waals surface area contributed by atoms with Gasteiger partial charge in [0.2, 0.25) is 0 Å². The second-order valence-corrected chi connectivity index (χ2v) is 4.50. The molecule has 2 aromatic rings. The summed E-state index contributed by atoms with van der Waals surface area (Å²) < 4.78 is 13.5. The molecule has 0 atom stereocenters. The molecule has 0 heterocycles. The Morgan fingerprint density at radius 3 is 2.56 bits per heavy atom. The number of halogens is 1. The van der Waals surface area contributed by atoms with Crippen molar-refractivity contribution >= 4 is 5.69 Å². The van der Waals surface area contributed by atoms with Gasteiger partial charge >= 0.3 is 0 Å². The normalized spacial score (nSPS) is 10.3. The zero-order valence-corrected chi connectivity index (χ0v) is 10.6. The molecular weight excluding hydrogens is 225 g/mol. The van der Waals surface area contributed by atoms with Crippen LogP contribution in [0.3, 0.4) is 0 Å². The van der Waals surface area contributed by atoms with Crippen molar-refractivity contribution in [2.24, 2.45) is 0 Å². The zero-order valence-electron chi connectivity index (χ0n) is 10.6. The van der Waals surface area contributed by atoms with E-state index in [1.165, 1.54) is 5.56 Å². The molecule has 94 valence electrons. The smallest absolute Gasteiger partial charge is 0.146 e. The Bertz CT molecular complexity index is 494. The average Bonchev–Trinajstić information content (AvgIpc) is 2.38. The van der Waals surface area contributed by atoms with Gasteiger partial charge < -0.3 is 5.32 Å². The van der Waals surface area contributed by atoms with Crippen molar-refractivity contribution in [2.75, 3.05) is 11.9 Å². The summed E-state index contributed by atoms with van der Waals surface area (Å²) in [6.45, 7) is 2.68. The molecule has 18 heavy (non-hydrogen) atoms. The van der Waals surface area contributed by atoms with Crippen LogP contribution in [-0.4, -0.2) is 6.54 Å². The Morgan fingerprint density at radius 1 is 1.06 bits per heavy atom. The van der Waals surface area contributed by atoms with E-state index in [1.807, 2.05) is 31.2 Å². The second-order valence-electron chi connectivity index (χ2n) is 4.50.